The molecule has 0 saturated carbocycles. The second-order valence-corrected chi connectivity index (χ2v) is 8.57. The molecule has 0 atom stereocenters. The van der Waals surface area contributed by atoms with Crippen LogP contribution in [0.1, 0.15) is 31.4 Å². The molecular formula is C20H26N2O3S. The van der Waals surface area contributed by atoms with Gasteiger partial charge in [-0.1, -0.05) is 43.7 Å². The minimum atomic E-state index is -3.48. The standard InChI is InChI=1S/C20H26N2O3S/c1-15(2)14-21-26(24,25)19-11-6-17(7-12-19)8-13-20(23)22-18-9-4-16(3)5-10-18/h4-7,9-12,15,21H,8,13-14H2,1-3H3,(H,22,23). The number of amides is 1. The molecule has 0 bridgehead atoms. The van der Waals surface area contributed by atoms with E-state index >= 15 is 0 Å². The number of anilines is 1. The van der Waals surface area contributed by atoms with E-state index < -0.39 is 10.0 Å². The highest BCUT2D eigenvalue weighted by Crippen LogP contribution is 2.13. The Morgan fingerprint density at radius 2 is 1.62 bits per heavy atom. The van der Waals surface area contributed by atoms with Crippen molar-refractivity contribution in [3.8, 4) is 0 Å². The van der Waals surface area contributed by atoms with Gasteiger partial charge in [-0.2, -0.15) is 0 Å². The van der Waals surface area contributed by atoms with Gasteiger partial charge in [-0.15, -0.1) is 0 Å². The lowest BCUT2D eigenvalue weighted by atomic mass is 10.1. The normalized spacial score (nSPS) is 11.5. The Balaban J connectivity index is 1.88. The van der Waals surface area contributed by atoms with Crippen LogP contribution in [-0.4, -0.2) is 20.9 Å². The van der Waals surface area contributed by atoms with E-state index in [1.807, 2.05) is 45.0 Å². The average Bonchev–Trinajstić information content (AvgIpc) is 2.61. The molecule has 0 aliphatic heterocycles. The van der Waals surface area contributed by atoms with Crippen molar-refractivity contribution in [1.29, 1.82) is 0 Å². The number of aryl methyl sites for hydroxylation is 2. The number of benzene rings is 2. The third kappa shape index (κ3) is 6.28. The van der Waals surface area contributed by atoms with Crippen molar-refractivity contribution >= 4 is 21.6 Å². The summed E-state index contributed by atoms with van der Waals surface area (Å²) in [6.07, 6.45) is 0.892. The first-order chi connectivity index (χ1) is 12.3. The molecule has 26 heavy (non-hydrogen) atoms. The molecule has 2 aromatic carbocycles. The van der Waals surface area contributed by atoms with Gasteiger partial charge in [0.1, 0.15) is 0 Å². The number of nitrogens with one attached hydrogen (secondary N) is 2. The Morgan fingerprint density at radius 3 is 2.19 bits per heavy atom. The van der Waals surface area contributed by atoms with E-state index in [2.05, 4.69) is 10.0 Å². The SMILES string of the molecule is Cc1ccc(NC(=O)CCc2ccc(S(=O)(=O)NCC(C)C)cc2)cc1. The minimum Gasteiger partial charge on any atom is -0.326 e. The molecule has 0 unspecified atom stereocenters. The molecule has 140 valence electrons. The maximum Gasteiger partial charge on any atom is 0.240 e. The first-order valence-electron chi connectivity index (χ1n) is 8.71. The predicted molar refractivity (Wildman–Crippen MR) is 105 cm³/mol. The summed E-state index contributed by atoms with van der Waals surface area (Å²) >= 11 is 0. The summed E-state index contributed by atoms with van der Waals surface area (Å²) in [5.74, 6) is 0.181. The molecule has 5 nitrogen and oxygen atoms in total. The minimum absolute atomic E-state index is 0.0656. The van der Waals surface area contributed by atoms with E-state index in [1.54, 1.807) is 24.3 Å². The van der Waals surface area contributed by atoms with Crippen molar-refractivity contribution in [2.75, 3.05) is 11.9 Å². The van der Waals surface area contributed by atoms with Crippen molar-refractivity contribution < 1.29 is 13.2 Å². The topological polar surface area (TPSA) is 75.3 Å². The summed E-state index contributed by atoms with van der Waals surface area (Å²) in [6, 6.07) is 14.3. The highest BCUT2D eigenvalue weighted by atomic mass is 32.2. The fourth-order valence-electron chi connectivity index (χ4n) is 2.31. The maximum absolute atomic E-state index is 12.2. The van der Waals surface area contributed by atoms with Gasteiger partial charge in [0.25, 0.3) is 0 Å². The zero-order valence-electron chi connectivity index (χ0n) is 15.5. The van der Waals surface area contributed by atoms with Crippen LogP contribution in [0.25, 0.3) is 0 Å². The Kier molecular flexibility index (Phi) is 6.94. The fraction of sp³-hybridized carbons (Fsp3) is 0.350. The van der Waals surface area contributed by atoms with Crippen molar-refractivity contribution in [2.24, 2.45) is 5.92 Å². The highest BCUT2D eigenvalue weighted by Gasteiger charge is 2.14. The van der Waals surface area contributed by atoms with Crippen molar-refractivity contribution in [2.45, 2.75) is 38.5 Å². The molecule has 6 heteroatoms. The molecule has 2 aromatic rings. The number of hydrogen-bond acceptors (Lipinski definition) is 3. The highest BCUT2D eigenvalue weighted by molar-refractivity contribution is 7.89. The molecule has 0 saturated heterocycles. The number of carbonyl (C=O) groups is 1. The van der Waals surface area contributed by atoms with Crippen molar-refractivity contribution in [3.05, 3.63) is 59.7 Å². The zero-order chi connectivity index (χ0) is 19.2. The van der Waals surface area contributed by atoms with Gasteiger partial charge in [-0.3, -0.25) is 4.79 Å². The van der Waals surface area contributed by atoms with E-state index in [-0.39, 0.29) is 16.7 Å². The number of hydrogen-bond donors (Lipinski definition) is 2. The van der Waals surface area contributed by atoms with Crippen LogP contribution in [0.4, 0.5) is 5.69 Å². The van der Waals surface area contributed by atoms with Gasteiger partial charge in [0.05, 0.1) is 4.90 Å². The molecule has 0 aliphatic carbocycles. The van der Waals surface area contributed by atoms with Crippen LogP contribution < -0.4 is 10.0 Å². The Morgan fingerprint density at radius 1 is 1.00 bits per heavy atom. The summed E-state index contributed by atoms with van der Waals surface area (Å²) in [5, 5.41) is 2.86. The summed E-state index contributed by atoms with van der Waals surface area (Å²) in [5.41, 5.74) is 2.84. The van der Waals surface area contributed by atoms with Crippen LogP contribution in [0.15, 0.2) is 53.4 Å². The lowest BCUT2D eigenvalue weighted by molar-refractivity contribution is -0.116. The fourth-order valence-corrected chi connectivity index (χ4v) is 3.53. The van der Waals surface area contributed by atoms with E-state index in [0.29, 0.717) is 19.4 Å². The van der Waals surface area contributed by atoms with Crippen LogP contribution in [0, 0.1) is 12.8 Å². The van der Waals surface area contributed by atoms with Crippen LogP contribution in [0.5, 0.6) is 0 Å². The smallest absolute Gasteiger partial charge is 0.240 e. The summed E-state index contributed by atoms with van der Waals surface area (Å²) in [4.78, 5) is 12.3. The number of carbonyl (C=O) groups excluding carboxylic acids is 1. The first-order valence-corrected chi connectivity index (χ1v) is 10.2. The lowest BCUT2D eigenvalue weighted by Crippen LogP contribution is -2.27. The summed E-state index contributed by atoms with van der Waals surface area (Å²) in [7, 11) is -3.48. The van der Waals surface area contributed by atoms with Gasteiger partial charge >= 0.3 is 0 Å². The van der Waals surface area contributed by atoms with Gasteiger partial charge in [0.15, 0.2) is 0 Å². The third-order valence-corrected chi connectivity index (χ3v) is 5.33. The van der Waals surface area contributed by atoms with Crippen molar-refractivity contribution in [1.82, 2.24) is 4.72 Å². The maximum atomic E-state index is 12.2. The Labute approximate surface area is 155 Å². The average molecular weight is 375 g/mol. The molecule has 0 aromatic heterocycles. The van der Waals surface area contributed by atoms with E-state index in [1.165, 1.54) is 0 Å². The van der Waals surface area contributed by atoms with E-state index in [9.17, 15) is 13.2 Å². The molecule has 1 amide bonds. The first kappa shape index (κ1) is 20.1. The van der Waals surface area contributed by atoms with Crippen molar-refractivity contribution in [3.63, 3.8) is 0 Å². The second kappa shape index (κ2) is 8.96. The van der Waals surface area contributed by atoms with Crippen LogP contribution in [0.3, 0.4) is 0 Å². The number of sulfonamides is 1. The molecule has 0 aliphatic rings. The molecule has 2 rings (SSSR count). The molecule has 0 heterocycles. The number of rotatable bonds is 8. The van der Waals surface area contributed by atoms with Crippen LogP contribution >= 0.6 is 0 Å². The molecule has 2 N–H and O–H groups in total. The van der Waals surface area contributed by atoms with Gasteiger partial charge in [-0.25, -0.2) is 13.1 Å². The Hall–Kier alpha value is -2.18. The molecule has 0 fully saturated rings. The Bertz CT molecular complexity index is 826. The predicted octanol–water partition coefficient (Wildman–Crippen LogP) is 3.50. The monoisotopic (exact) mass is 374 g/mol. The molecule has 0 spiro atoms. The zero-order valence-corrected chi connectivity index (χ0v) is 16.3. The molecular weight excluding hydrogens is 348 g/mol. The van der Waals surface area contributed by atoms with Gasteiger partial charge in [0.2, 0.25) is 15.9 Å². The second-order valence-electron chi connectivity index (χ2n) is 6.80. The van der Waals surface area contributed by atoms with Crippen LogP contribution in [0.2, 0.25) is 0 Å². The lowest BCUT2D eigenvalue weighted by Gasteiger charge is -2.09. The van der Waals surface area contributed by atoms with Gasteiger partial charge < -0.3 is 5.32 Å². The van der Waals surface area contributed by atoms with Gasteiger partial charge in [-0.05, 0) is 49.1 Å². The molecule has 0 radical (unpaired) electrons. The van der Waals surface area contributed by atoms with Gasteiger partial charge in [0, 0.05) is 18.7 Å². The third-order valence-electron chi connectivity index (χ3n) is 3.89. The summed E-state index contributed by atoms with van der Waals surface area (Å²) < 4.78 is 26.9. The summed E-state index contributed by atoms with van der Waals surface area (Å²) in [6.45, 7) is 6.30. The van der Waals surface area contributed by atoms with E-state index in [4.69, 9.17) is 0 Å². The van der Waals surface area contributed by atoms with E-state index in [0.717, 1.165) is 16.8 Å². The van der Waals surface area contributed by atoms with Crippen LogP contribution in [-0.2, 0) is 21.2 Å². The largest absolute Gasteiger partial charge is 0.326 e. The quantitative estimate of drug-likeness (QED) is 0.742.